The average molecular weight is 471 g/mol. The third-order valence-corrected chi connectivity index (χ3v) is 8.21. The molecular weight excluding hydrogens is 447 g/mol. The molecule has 1 saturated heterocycles. The van der Waals surface area contributed by atoms with Crippen molar-refractivity contribution in [3.63, 3.8) is 0 Å². The molecule has 2 aromatic carbocycles. The summed E-state index contributed by atoms with van der Waals surface area (Å²) in [5, 5.41) is 10.0. The number of carboxylic acid groups (broad SMARTS) is 1. The number of halogens is 2. The summed E-state index contributed by atoms with van der Waals surface area (Å²) in [4.78, 5) is 13.3. The van der Waals surface area contributed by atoms with E-state index in [1.165, 1.54) is 10.4 Å². The Hall–Kier alpha value is -1.80. The summed E-state index contributed by atoms with van der Waals surface area (Å²) < 4.78 is 28.4. The SMILES string of the molecule is Cc1ccc(S(=O)(=O)N2[C@H](C)CN(c3ccc(Cl)c(Cl)c3)C[C@@H]2C)cc1CC(=O)O. The average Bonchev–Trinajstić information content (AvgIpc) is 2.64. The molecular formula is C21H24Cl2N2O4S. The monoisotopic (exact) mass is 470 g/mol. The van der Waals surface area contributed by atoms with Crippen molar-refractivity contribution in [2.75, 3.05) is 18.0 Å². The van der Waals surface area contributed by atoms with E-state index in [1.54, 1.807) is 31.2 Å². The molecule has 1 N–H and O–H groups in total. The molecule has 9 heteroatoms. The van der Waals surface area contributed by atoms with Crippen molar-refractivity contribution in [3.05, 3.63) is 57.6 Å². The molecule has 0 unspecified atom stereocenters. The standard InChI is InChI=1S/C21H24Cl2N2O4S/c1-13-4-6-18(8-16(13)9-21(26)27)30(28,29)25-14(2)11-24(12-15(25)3)17-5-7-19(22)20(23)10-17/h4-8,10,14-15H,9,11-12H2,1-3H3,(H,26,27)/t14-,15+. The van der Waals surface area contributed by atoms with Crippen molar-refractivity contribution in [2.24, 2.45) is 0 Å². The fourth-order valence-corrected chi connectivity index (χ4v) is 6.11. The number of carboxylic acids is 1. The van der Waals surface area contributed by atoms with Crippen molar-refractivity contribution < 1.29 is 18.3 Å². The van der Waals surface area contributed by atoms with Crippen LogP contribution in [-0.2, 0) is 21.2 Å². The van der Waals surface area contributed by atoms with Crippen molar-refractivity contribution in [3.8, 4) is 0 Å². The third-order valence-electron chi connectivity index (χ3n) is 5.34. The first-order valence-electron chi connectivity index (χ1n) is 9.55. The molecule has 6 nitrogen and oxygen atoms in total. The second-order valence-electron chi connectivity index (χ2n) is 7.70. The molecule has 1 aliphatic rings. The molecule has 2 atom stereocenters. The fraction of sp³-hybridized carbons (Fsp3) is 0.381. The Labute approximate surface area is 187 Å². The summed E-state index contributed by atoms with van der Waals surface area (Å²) in [6.07, 6.45) is -0.217. The number of rotatable bonds is 5. The fourth-order valence-electron chi connectivity index (χ4n) is 3.96. The third kappa shape index (κ3) is 4.59. The Kier molecular flexibility index (Phi) is 6.67. The number of benzene rings is 2. The van der Waals surface area contributed by atoms with Crippen LogP contribution in [0.5, 0.6) is 0 Å². The van der Waals surface area contributed by atoms with Crippen LogP contribution in [0.3, 0.4) is 0 Å². The van der Waals surface area contributed by atoms with Gasteiger partial charge in [-0.15, -0.1) is 0 Å². The number of aryl methyl sites for hydroxylation is 1. The molecule has 0 aliphatic carbocycles. The highest BCUT2D eigenvalue weighted by molar-refractivity contribution is 7.89. The zero-order valence-corrected chi connectivity index (χ0v) is 19.3. The molecule has 0 aromatic heterocycles. The highest BCUT2D eigenvalue weighted by Gasteiger charge is 2.38. The van der Waals surface area contributed by atoms with Gasteiger partial charge in [-0.3, -0.25) is 4.79 Å². The normalized spacial score (nSPS) is 20.4. The first-order chi connectivity index (χ1) is 14.0. The van der Waals surface area contributed by atoms with Crippen molar-refractivity contribution >= 4 is 44.9 Å². The Bertz CT molecular complexity index is 1060. The Balaban J connectivity index is 1.89. The van der Waals surface area contributed by atoms with E-state index in [1.807, 2.05) is 19.9 Å². The molecule has 0 radical (unpaired) electrons. The van der Waals surface area contributed by atoms with E-state index in [0.29, 0.717) is 28.7 Å². The van der Waals surface area contributed by atoms with Gasteiger partial charge in [0, 0.05) is 30.9 Å². The summed E-state index contributed by atoms with van der Waals surface area (Å²) in [6.45, 7) is 6.49. The van der Waals surface area contributed by atoms with Crippen LogP contribution in [0.15, 0.2) is 41.3 Å². The Morgan fingerprint density at radius 2 is 1.70 bits per heavy atom. The van der Waals surface area contributed by atoms with Gasteiger partial charge in [-0.2, -0.15) is 4.31 Å². The van der Waals surface area contributed by atoms with Gasteiger partial charge in [-0.25, -0.2) is 8.42 Å². The summed E-state index contributed by atoms with van der Waals surface area (Å²) in [5.74, 6) is -0.996. The van der Waals surface area contributed by atoms with E-state index in [9.17, 15) is 13.2 Å². The highest BCUT2D eigenvalue weighted by atomic mass is 35.5. The maximum atomic E-state index is 13.4. The maximum Gasteiger partial charge on any atom is 0.307 e. The molecule has 0 saturated carbocycles. The predicted molar refractivity (Wildman–Crippen MR) is 119 cm³/mol. The zero-order chi connectivity index (χ0) is 22.2. The number of sulfonamides is 1. The Morgan fingerprint density at radius 1 is 1.07 bits per heavy atom. The van der Waals surface area contributed by atoms with Crippen LogP contribution in [0.1, 0.15) is 25.0 Å². The van der Waals surface area contributed by atoms with Crippen LogP contribution in [0.25, 0.3) is 0 Å². The second kappa shape index (κ2) is 8.75. The van der Waals surface area contributed by atoms with E-state index < -0.39 is 16.0 Å². The lowest BCUT2D eigenvalue weighted by Crippen LogP contribution is -2.58. The van der Waals surface area contributed by atoms with E-state index in [-0.39, 0.29) is 23.4 Å². The van der Waals surface area contributed by atoms with Crippen LogP contribution in [0, 0.1) is 6.92 Å². The number of hydrogen-bond acceptors (Lipinski definition) is 4. The molecule has 1 aliphatic heterocycles. The largest absolute Gasteiger partial charge is 0.481 e. The predicted octanol–water partition coefficient (Wildman–Crippen LogP) is 4.22. The number of aliphatic carboxylic acids is 1. The summed E-state index contributed by atoms with van der Waals surface area (Å²) in [7, 11) is -3.79. The van der Waals surface area contributed by atoms with Gasteiger partial charge >= 0.3 is 5.97 Å². The van der Waals surface area contributed by atoms with Gasteiger partial charge < -0.3 is 10.0 Å². The second-order valence-corrected chi connectivity index (χ2v) is 10.4. The first-order valence-corrected chi connectivity index (χ1v) is 11.7. The Morgan fingerprint density at radius 3 is 2.27 bits per heavy atom. The van der Waals surface area contributed by atoms with Crippen molar-refractivity contribution in [1.82, 2.24) is 4.31 Å². The number of nitrogens with zero attached hydrogens (tertiary/aromatic N) is 2. The number of anilines is 1. The van der Waals surface area contributed by atoms with Crippen LogP contribution >= 0.6 is 23.2 Å². The molecule has 0 bridgehead atoms. The van der Waals surface area contributed by atoms with Gasteiger partial charge in [-0.1, -0.05) is 29.3 Å². The molecule has 2 aromatic rings. The van der Waals surface area contributed by atoms with Gasteiger partial charge in [-0.05, 0) is 62.2 Å². The summed E-state index contributed by atoms with van der Waals surface area (Å²) in [5.41, 5.74) is 2.14. The number of hydrogen-bond donors (Lipinski definition) is 1. The van der Waals surface area contributed by atoms with Crippen LogP contribution < -0.4 is 4.90 Å². The van der Waals surface area contributed by atoms with Gasteiger partial charge in [0.15, 0.2) is 0 Å². The van der Waals surface area contributed by atoms with Gasteiger partial charge in [0.1, 0.15) is 0 Å². The smallest absolute Gasteiger partial charge is 0.307 e. The minimum Gasteiger partial charge on any atom is -0.481 e. The molecule has 1 fully saturated rings. The summed E-state index contributed by atoms with van der Waals surface area (Å²) in [6, 6.07) is 9.47. The van der Waals surface area contributed by atoms with Crippen molar-refractivity contribution in [1.29, 1.82) is 0 Å². The lowest BCUT2D eigenvalue weighted by atomic mass is 10.1. The van der Waals surface area contributed by atoms with Gasteiger partial charge in [0.05, 0.1) is 21.4 Å². The topological polar surface area (TPSA) is 77.9 Å². The lowest BCUT2D eigenvalue weighted by molar-refractivity contribution is -0.136. The molecule has 0 amide bonds. The van der Waals surface area contributed by atoms with Gasteiger partial charge in [0.25, 0.3) is 0 Å². The molecule has 0 spiro atoms. The van der Waals surface area contributed by atoms with E-state index in [4.69, 9.17) is 28.3 Å². The van der Waals surface area contributed by atoms with E-state index in [0.717, 1.165) is 11.3 Å². The number of carbonyl (C=O) groups is 1. The van der Waals surface area contributed by atoms with E-state index in [2.05, 4.69) is 4.90 Å². The molecule has 3 rings (SSSR count). The molecule has 30 heavy (non-hydrogen) atoms. The molecule has 1 heterocycles. The van der Waals surface area contributed by atoms with Crippen LogP contribution in [0.4, 0.5) is 5.69 Å². The van der Waals surface area contributed by atoms with E-state index >= 15 is 0 Å². The first kappa shape index (κ1) is 22.9. The highest BCUT2D eigenvalue weighted by Crippen LogP contribution is 2.32. The minimum absolute atomic E-state index is 0.117. The lowest BCUT2D eigenvalue weighted by Gasteiger charge is -2.44. The number of piperazine rings is 1. The van der Waals surface area contributed by atoms with Crippen molar-refractivity contribution in [2.45, 2.75) is 44.2 Å². The van der Waals surface area contributed by atoms with Gasteiger partial charge in [0.2, 0.25) is 10.0 Å². The minimum atomic E-state index is -3.79. The molecule has 162 valence electrons. The van der Waals surface area contributed by atoms with Crippen LogP contribution in [0.2, 0.25) is 10.0 Å². The zero-order valence-electron chi connectivity index (χ0n) is 17.0. The maximum absolute atomic E-state index is 13.4. The van der Waals surface area contributed by atoms with Crippen LogP contribution in [-0.4, -0.2) is 49.0 Å². The quantitative estimate of drug-likeness (QED) is 0.707. The summed E-state index contributed by atoms with van der Waals surface area (Å²) >= 11 is 12.2.